The van der Waals surface area contributed by atoms with Crippen molar-refractivity contribution in [3.8, 4) is 0 Å². The second kappa shape index (κ2) is 60.0. The summed E-state index contributed by atoms with van der Waals surface area (Å²) in [6, 6.07) is 0. The van der Waals surface area contributed by atoms with Crippen molar-refractivity contribution in [2.24, 2.45) is 17.8 Å². The minimum atomic E-state index is -4.95. The topological polar surface area (TPSA) is 237 Å². The number of esters is 4. The third-order valence-corrected chi connectivity index (χ3v) is 17.8. The lowest BCUT2D eigenvalue weighted by molar-refractivity contribution is -0.161. The molecule has 0 saturated heterocycles. The van der Waals surface area contributed by atoms with E-state index in [0.29, 0.717) is 37.5 Å². The van der Waals surface area contributed by atoms with Crippen molar-refractivity contribution in [2.45, 2.75) is 362 Å². The van der Waals surface area contributed by atoms with Crippen LogP contribution >= 0.6 is 15.6 Å². The van der Waals surface area contributed by atoms with Gasteiger partial charge < -0.3 is 33.8 Å². The molecule has 0 rings (SSSR count). The van der Waals surface area contributed by atoms with Crippen LogP contribution in [0.15, 0.2) is 0 Å². The van der Waals surface area contributed by atoms with Crippen molar-refractivity contribution in [1.29, 1.82) is 0 Å². The molecule has 0 spiro atoms. The Labute approximate surface area is 537 Å². The van der Waals surface area contributed by atoms with Crippen LogP contribution in [0.3, 0.4) is 0 Å². The molecular weight excluding hydrogens is 1160 g/mol. The first-order valence-corrected chi connectivity index (χ1v) is 38.8. The van der Waals surface area contributed by atoms with Crippen molar-refractivity contribution in [3.05, 3.63) is 0 Å². The molecule has 522 valence electrons. The van der Waals surface area contributed by atoms with Crippen LogP contribution in [0.5, 0.6) is 0 Å². The number of aliphatic hydroxyl groups is 1. The number of carbonyl (C=O) groups is 4. The molecule has 19 heteroatoms. The number of phosphoric ester groups is 2. The number of carbonyl (C=O) groups excluding carboxylic acids is 4. The van der Waals surface area contributed by atoms with E-state index in [2.05, 4.69) is 48.5 Å². The molecule has 0 bridgehead atoms. The first-order chi connectivity index (χ1) is 42.2. The molecule has 0 aliphatic carbocycles. The normalized spacial score (nSPS) is 14.2. The van der Waals surface area contributed by atoms with Crippen LogP contribution in [0.4, 0.5) is 0 Å². The number of hydrogen-bond acceptors (Lipinski definition) is 15. The second-order valence-corrected chi connectivity index (χ2v) is 29.3. The number of aliphatic hydroxyl groups excluding tert-OH is 1. The van der Waals surface area contributed by atoms with Crippen LogP contribution < -0.4 is 0 Å². The summed E-state index contributed by atoms with van der Waals surface area (Å²) in [7, 11) is -9.90. The van der Waals surface area contributed by atoms with E-state index in [1.54, 1.807) is 0 Å². The molecule has 0 aliphatic rings. The van der Waals surface area contributed by atoms with Gasteiger partial charge in [0.1, 0.15) is 19.3 Å². The zero-order valence-electron chi connectivity index (χ0n) is 57.2. The van der Waals surface area contributed by atoms with Gasteiger partial charge in [0.05, 0.1) is 26.4 Å². The van der Waals surface area contributed by atoms with Crippen molar-refractivity contribution in [2.75, 3.05) is 39.6 Å². The zero-order valence-corrected chi connectivity index (χ0v) is 59.0. The minimum absolute atomic E-state index is 0.101. The zero-order chi connectivity index (χ0) is 65.2. The summed E-state index contributed by atoms with van der Waals surface area (Å²) in [4.78, 5) is 72.4. The van der Waals surface area contributed by atoms with Crippen LogP contribution in [0.2, 0.25) is 0 Å². The minimum Gasteiger partial charge on any atom is -0.462 e. The second-order valence-electron chi connectivity index (χ2n) is 26.3. The summed E-state index contributed by atoms with van der Waals surface area (Å²) >= 11 is 0. The largest absolute Gasteiger partial charge is 0.472 e. The smallest absolute Gasteiger partial charge is 0.462 e. The molecule has 2 unspecified atom stereocenters. The van der Waals surface area contributed by atoms with Gasteiger partial charge in [-0.15, -0.1) is 0 Å². The van der Waals surface area contributed by atoms with Gasteiger partial charge in [-0.05, 0) is 43.4 Å². The van der Waals surface area contributed by atoms with E-state index in [4.69, 9.17) is 37.0 Å². The fraction of sp³-hybridized carbons (Fsp3) is 0.942. The highest BCUT2D eigenvalue weighted by atomic mass is 31.2. The number of unbranched alkanes of at least 4 members (excludes halogenated alkanes) is 35. The number of ether oxygens (including phenoxy) is 4. The molecule has 0 amide bonds. The highest BCUT2D eigenvalue weighted by Gasteiger charge is 2.30. The van der Waals surface area contributed by atoms with Gasteiger partial charge in [-0.25, -0.2) is 9.13 Å². The van der Waals surface area contributed by atoms with E-state index in [9.17, 15) is 43.2 Å². The van der Waals surface area contributed by atoms with Gasteiger partial charge in [0.25, 0.3) is 0 Å². The van der Waals surface area contributed by atoms with Gasteiger partial charge in [-0.1, -0.05) is 292 Å². The Morgan fingerprint density at radius 3 is 0.773 bits per heavy atom. The Bertz CT molecular complexity index is 1730. The summed E-state index contributed by atoms with van der Waals surface area (Å²) in [6.07, 6.45) is 43.5. The highest BCUT2D eigenvalue weighted by molar-refractivity contribution is 7.47. The maximum Gasteiger partial charge on any atom is 0.472 e. The van der Waals surface area contributed by atoms with Crippen LogP contribution in [0.1, 0.15) is 344 Å². The summed E-state index contributed by atoms with van der Waals surface area (Å²) in [6.45, 7) is 11.6. The van der Waals surface area contributed by atoms with Crippen LogP contribution in [-0.4, -0.2) is 96.7 Å². The van der Waals surface area contributed by atoms with Crippen molar-refractivity contribution in [1.82, 2.24) is 0 Å². The Morgan fingerprint density at radius 1 is 0.307 bits per heavy atom. The average molecular weight is 1300 g/mol. The Kier molecular flexibility index (Phi) is 58.7. The predicted octanol–water partition coefficient (Wildman–Crippen LogP) is 19.5. The average Bonchev–Trinajstić information content (AvgIpc) is 3.69. The molecule has 0 fully saturated rings. The van der Waals surface area contributed by atoms with Crippen LogP contribution in [0.25, 0.3) is 0 Å². The summed E-state index contributed by atoms with van der Waals surface area (Å²) < 4.78 is 68.1. The molecule has 0 aromatic carbocycles. The molecule has 17 nitrogen and oxygen atoms in total. The molecule has 0 radical (unpaired) electrons. The predicted molar refractivity (Wildman–Crippen MR) is 354 cm³/mol. The summed E-state index contributed by atoms with van der Waals surface area (Å²) in [5.74, 6) is -0.0422. The lowest BCUT2D eigenvalue weighted by Gasteiger charge is -2.21. The molecule has 0 aromatic rings. The fourth-order valence-corrected chi connectivity index (χ4v) is 11.9. The van der Waals surface area contributed by atoms with Crippen molar-refractivity contribution < 1.29 is 80.2 Å². The Hall–Kier alpha value is -1.94. The molecule has 0 heterocycles. The summed E-state index contributed by atoms with van der Waals surface area (Å²) in [5, 5.41) is 10.6. The van der Waals surface area contributed by atoms with Gasteiger partial charge in [0, 0.05) is 25.7 Å². The van der Waals surface area contributed by atoms with Crippen LogP contribution in [0, 0.1) is 17.8 Å². The van der Waals surface area contributed by atoms with Gasteiger partial charge in [0.15, 0.2) is 12.2 Å². The Balaban J connectivity index is 5.20. The molecule has 0 aliphatic heterocycles. The number of phosphoric acid groups is 2. The maximum atomic E-state index is 13.0. The van der Waals surface area contributed by atoms with Gasteiger partial charge >= 0.3 is 39.5 Å². The first-order valence-electron chi connectivity index (χ1n) is 35.8. The summed E-state index contributed by atoms with van der Waals surface area (Å²) in [5.41, 5.74) is 0. The third-order valence-electron chi connectivity index (χ3n) is 15.9. The lowest BCUT2D eigenvalue weighted by Crippen LogP contribution is -2.30. The monoisotopic (exact) mass is 1300 g/mol. The fourth-order valence-electron chi connectivity index (χ4n) is 10.4. The van der Waals surface area contributed by atoms with Crippen LogP contribution in [-0.2, 0) is 65.4 Å². The molecular formula is C69H134O17P2. The van der Waals surface area contributed by atoms with E-state index in [1.165, 1.54) is 148 Å². The van der Waals surface area contributed by atoms with E-state index in [-0.39, 0.29) is 25.7 Å². The van der Waals surface area contributed by atoms with E-state index in [1.807, 2.05) is 0 Å². The van der Waals surface area contributed by atoms with Crippen molar-refractivity contribution in [3.63, 3.8) is 0 Å². The highest BCUT2D eigenvalue weighted by Crippen LogP contribution is 2.45. The third kappa shape index (κ3) is 62.8. The molecule has 0 aromatic heterocycles. The standard InChI is InChI=1S/C69H134O17P2/c1-8-9-10-11-12-13-14-15-16-17-18-19-20-21-24-28-38-45-52-68(73)85-64(56-79-66(71)50-43-36-27-25-22-23-26-33-40-47-60(2)3)58-83-87(75,76)81-54-63(70)55-82-88(77,78)84-59-65(86-69(74)53-46-39-32-30-35-42-49-62(6)7)57-80-67(72)51-44-37-31-29-34-41-48-61(4)5/h60-65,70H,8-59H2,1-7H3,(H,75,76)(H,77,78)/t63-,64-,65-/m1/s1. The van der Waals surface area contributed by atoms with Gasteiger partial charge in [0.2, 0.25) is 0 Å². The van der Waals surface area contributed by atoms with E-state index < -0.39 is 97.5 Å². The number of hydrogen-bond donors (Lipinski definition) is 3. The molecule has 5 atom stereocenters. The Morgan fingerprint density at radius 2 is 0.523 bits per heavy atom. The quantitative estimate of drug-likeness (QED) is 0.0222. The van der Waals surface area contributed by atoms with Crippen molar-refractivity contribution >= 4 is 39.5 Å². The molecule has 3 N–H and O–H groups in total. The van der Waals surface area contributed by atoms with Gasteiger partial charge in [-0.3, -0.25) is 37.3 Å². The number of rotatable bonds is 67. The first kappa shape index (κ1) is 86.1. The lowest BCUT2D eigenvalue weighted by atomic mass is 10.0. The molecule has 88 heavy (non-hydrogen) atoms. The van der Waals surface area contributed by atoms with E-state index >= 15 is 0 Å². The SMILES string of the molecule is CCCCCCCCCCCCCCCCCCCCC(=O)O[C@H](COC(=O)CCCCCCCCCCCC(C)C)COP(=O)(O)OC[C@@H](O)COP(=O)(O)OC[C@@H](COC(=O)CCCCCCCCC(C)C)OC(=O)CCCCCCCCC(C)C. The molecule has 0 saturated carbocycles. The maximum absolute atomic E-state index is 13.0. The van der Waals surface area contributed by atoms with E-state index in [0.717, 1.165) is 102 Å². The van der Waals surface area contributed by atoms with Gasteiger partial charge in [-0.2, -0.15) is 0 Å².